The van der Waals surface area contributed by atoms with Gasteiger partial charge in [-0.15, -0.1) is 0 Å². The Morgan fingerprint density at radius 2 is 0.694 bits per heavy atom. The minimum atomic E-state index is -3.29. The van der Waals surface area contributed by atoms with Crippen LogP contribution in [0.4, 0.5) is 22.7 Å². The van der Waals surface area contributed by atoms with Crippen molar-refractivity contribution in [2.45, 2.75) is 0 Å². The predicted molar refractivity (Wildman–Crippen MR) is 212 cm³/mol. The smallest absolute Gasteiger partial charge is 0.340 e. The number of fused-ring (bicyclic) bond motifs is 8. The summed E-state index contributed by atoms with van der Waals surface area (Å²) in [6.07, 6.45) is 0. The summed E-state index contributed by atoms with van der Waals surface area (Å²) in [5.41, 5.74) is 3.34. The maximum atomic E-state index is 15.9. The van der Waals surface area contributed by atoms with Gasteiger partial charge in [0.1, 0.15) is 7.14 Å². The molecule has 1 aliphatic heterocycles. The molecule has 0 saturated heterocycles. The number of hydrogen-bond acceptors (Lipinski definition) is 4. The van der Waals surface area contributed by atoms with Crippen LogP contribution in [0.5, 0.6) is 0 Å². The van der Waals surface area contributed by atoms with Gasteiger partial charge in [0.15, 0.2) is 0 Å². The first kappa shape index (κ1) is 29.8. The molecule has 0 spiro atoms. The van der Waals surface area contributed by atoms with Crippen molar-refractivity contribution in [2.75, 3.05) is 30.6 Å². The molecule has 0 radical (unpaired) electrons. The molecule has 1 heterocycles. The van der Waals surface area contributed by atoms with E-state index in [1.165, 1.54) is 0 Å². The van der Waals surface area contributed by atoms with Gasteiger partial charge < -0.3 is 14.4 Å². The highest BCUT2D eigenvalue weighted by Gasteiger charge is 2.38. The molecule has 9 rings (SSSR count). The molecule has 8 aromatic carbocycles. The number of benzene rings is 8. The summed E-state index contributed by atoms with van der Waals surface area (Å²) < 4.78 is 31.2. The molecule has 0 aromatic heterocycles. The fourth-order valence-corrected chi connectivity index (χ4v) is 11.4. The lowest BCUT2D eigenvalue weighted by atomic mass is 10.1. The van der Waals surface area contributed by atoms with Gasteiger partial charge in [0.05, 0.1) is 22.7 Å². The van der Waals surface area contributed by atoms with Crippen molar-refractivity contribution in [3.05, 3.63) is 146 Å². The van der Waals surface area contributed by atoms with E-state index in [2.05, 4.69) is 107 Å². The molecular formula is C43H33N2O2P2+. The summed E-state index contributed by atoms with van der Waals surface area (Å²) in [5, 5.41) is 11.4. The second-order valence-corrected chi connectivity index (χ2v) is 17.5. The molecule has 49 heavy (non-hydrogen) atoms. The van der Waals surface area contributed by atoms with E-state index >= 15 is 9.13 Å². The first-order valence-corrected chi connectivity index (χ1v) is 19.8. The predicted octanol–water partition coefficient (Wildman–Crippen LogP) is 9.87. The Balaban J connectivity index is 1.46. The molecule has 236 valence electrons. The molecule has 6 heteroatoms. The standard InChI is InChI=1S/C43H33N2O2P2/c1-44-36-20-28-12-4-8-16-32(28)24-40(36)48(46)41-25-33-17-9-5-13-29(33)21-37(41)45(2)39-23-31-15-7-11-19-35(31)27-43(39)49(3,47)42-26-34-18-10-6-14-30(34)22-38(42)44/h4-27H,1-3H3/q+1. The van der Waals surface area contributed by atoms with Crippen LogP contribution >= 0.6 is 14.9 Å². The topological polar surface area (TPSA) is 40.6 Å². The van der Waals surface area contributed by atoms with Crippen molar-refractivity contribution >= 4 is 102 Å². The van der Waals surface area contributed by atoms with Gasteiger partial charge in [-0.25, -0.2) is 0 Å². The minimum absolute atomic E-state index is 0.741. The molecule has 1 aliphatic rings. The Labute approximate surface area is 286 Å². The van der Waals surface area contributed by atoms with Crippen molar-refractivity contribution in [3.63, 3.8) is 0 Å². The summed E-state index contributed by atoms with van der Waals surface area (Å²) in [4.78, 5) is 4.22. The highest BCUT2D eigenvalue weighted by Crippen LogP contribution is 2.49. The average molecular weight is 672 g/mol. The van der Waals surface area contributed by atoms with Crippen molar-refractivity contribution in [3.8, 4) is 0 Å². The monoisotopic (exact) mass is 671 g/mol. The van der Waals surface area contributed by atoms with E-state index in [4.69, 9.17) is 0 Å². The molecule has 0 unspecified atom stereocenters. The largest absolute Gasteiger partial charge is 0.419 e. The quantitative estimate of drug-likeness (QED) is 0.151. The molecule has 0 fully saturated rings. The van der Waals surface area contributed by atoms with Crippen LogP contribution < -0.4 is 31.0 Å². The van der Waals surface area contributed by atoms with Gasteiger partial charge in [-0.1, -0.05) is 102 Å². The van der Waals surface area contributed by atoms with Crippen LogP contribution in [0.3, 0.4) is 0 Å². The van der Waals surface area contributed by atoms with E-state index in [9.17, 15) is 0 Å². The van der Waals surface area contributed by atoms with Crippen LogP contribution in [-0.2, 0) is 9.13 Å². The fourth-order valence-electron chi connectivity index (χ4n) is 7.47. The van der Waals surface area contributed by atoms with Crippen LogP contribution in [0.25, 0.3) is 43.1 Å². The summed E-state index contributed by atoms with van der Waals surface area (Å²) >= 11 is 0. The molecule has 0 atom stereocenters. The maximum absolute atomic E-state index is 15.9. The minimum Gasteiger partial charge on any atom is -0.340 e. The molecule has 8 aromatic rings. The van der Waals surface area contributed by atoms with Crippen molar-refractivity contribution in [1.82, 2.24) is 0 Å². The van der Waals surface area contributed by atoms with Crippen LogP contribution in [-0.4, -0.2) is 20.8 Å². The zero-order valence-corrected chi connectivity index (χ0v) is 29.3. The highest BCUT2D eigenvalue weighted by atomic mass is 31.2. The van der Waals surface area contributed by atoms with Crippen molar-refractivity contribution in [1.29, 1.82) is 0 Å². The second kappa shape index (κ2) is 11.1. The zero-order chi connectivity index (χ0) is 33.4. The number of nitrogens with zero attached hydrogens (tertiary/aromatic N) is 2. The Hall–Kier alpha value is -5.27. The third-order valence-electron chi connectivity index (χ3n) is 10.2. The number of rotatable bonds is 0. The van der Waals surface area contributed by atoms with Gasteiger partial charge in [0, 0.05) is 36.8 Å². The van der Waals surface area contributed by atoms with Crippen molar-refractivity contribution < 1.29 is 9.13 Å². The molecule has 0 aliphatic carbocycles. The van der Waals surface area contributed by atoms with E-state index in [-0.39, 0.29) is 0 Å². The van der Waals surface area contributed by atoms with E-state index in [1.807, 2.05) is 69.3 Å². The highest BCUT2D eigenvalue weighted by molar-refractivity contribution is 7.78. The van der Waals surface area contributed by atoms with E-state index in [0.29, 0.717) is 0 Å². The molecular weight excluding hydrogens is 638 g/mol. The molecule has 0 N–H and O–H groups in total. The molecule has 0 saturated carbocycles. The van der Waals surface area contributed by atoms with Crippen molar-refractivity contribution in [2.24, 2.45) is 0 Å². The van der Waals surface area contributed by atoms with Gasteiger partial charge in [0.25, 0.3) is 0 Å². The van der Waals surface area contributed by atoms with Gasteiger partial charge in [-0.05, 0) is 86.2 Å². The second-order valence-electron chi connectivity index (χ2n) is 13.1. The van der Waals surface area contributed by atoms with Gasteiger partial charge in [-0.3, -0.25) is 0 Å². The lowest BCUT2D eigenvalue weighted by Crippen LogP contribution is -2.30. The zero-order valence-electron chi connectivity index (χ0n) is 27.5. The maximum Gasteiger partial charge on any atom is 0.419 e. The number of hydrogen-bond donors (Lipinski definition) is 0. The average Bonchev–Trinajstić information content (AvgIpc) is 3.14. The Bertz CT molecular complexity index is 2550. The van der Waals surface area contributed by atoms with Crippen LogP contribution in [0, 0.1) is 0 Å². The molecule has 0 amide bonds. The van der Waals surface area contributed by atoms with Crippen LogP contribution in [0.2, 0.25) is 0 Å². The third kappa shape index (κ3) is 4.71. The molecule has 4 nitrogen and oxygen atoms in total. The van der Waals surface area contributed by atoms with Gasteiger partial charge in [-0.2, -0.15) is 0 Å². The summed E-state index contributed by atoms with van der Waals surface area (Å²) in [6.45, 7) is 1.91. The van der Waals surface area contributed by atoms with Gasteiger partial charge >= 0.3 is 7.80 Å². The lowest BCUT2D eigenvalue weighted by Gasteiger charge is -2.31. The lowest BCUT2D eigenvalue weighted by molar-refractivity contribution is 0.590. The summed E-state index contributed by atoms with van der Waals surface area (Å²) in [5.74, 6) is 0. The molecule has 0 bridgehead atoms. The summed E-state index contributed by atoms with van der Waals surface area (Å²) in [6, 6.07) is 49.8. The number of anilines is 4. The first-order valence-electron chi connectivity index (χ1n) is 16.4. The fraction of sp³-hybridized carbons (Fsp3) is 0.0698. The first-order chi connectivity index (χ1) is 23.8. The third-order valence-corrected chi connectivity index (χ3v) is 14.3. The Kier molecular flexibility index (Phi) is 6.78. The summed E-state index contributed by atoms with van der Waals surface area (Å²) in [7, 11) is -1.35. The van der Waals surface area contributed by atoms with E-state index in [1.54, 1.807) is 0 Å². The normalized spacial score (nSPS) is 16.9. The Morgan fingerprint density at radius 1 is 0.429 bits per heavy atom. The van der Waals surface area contributed by atoms with E-state index in [0.717, 1.165) is 87.1 Å². The Morgan fingerprint density at radius 3 is 1.02 bits per heavy atom. The van der Waals surface area contributed by atoms with Gasteiger partial charge in [0.2, 0.25) is 10.6 Å². The van der Waals surface area contributed by atoms with Crippen LogP contribution in [0.15, 0.2) is 146 Å². The van der Waals surface area contributed by atoms with Crippen LogP contribution in [0.1, 0.15) is 0 Å². The van der Waals surface area contributed by atoms with E-state index < -0.39 is 14.9 Å². The SMILES string of the molecule is CN1c2cc3ccccc3cc2[P+](=O)c2cc3ccccc3cc2N(C)c2cc3ccccc3cc2P(C)(=O)c2cc3ccccc3cc21.